The van der Waals surface area contributed by atoms with Gasteiger partial charge in [-0.3, -0.25) is 4.79 Å². The Morgan fingerprint density at radius 2 is 1.76 bits per heavy atom. The van der Waals surface area contributed by atoms with Gasteiger partial charge in [-0.1, -0.05) is 24.3 Å². The number of amides is 1. The number of ether oxygens (including phenoxy) is 1. The lowest BCUT2D eigenvalue weighted by Crippen LogP contribution is -2.56. The summed E-state index contributed by atoms with van der Waals surface area (Å²) in [5, 5.41) is 3.04. The Kier molecular flexibility index (Phi) is 5.51. The van der Waals surface area contributed by atoms with Crippen molar-refractivity contribution in [3.63, 3.8) is 0 Å². The van der Waals surface area contributed by atoms with E-state index in [-0.39, 0.29) is 18.5 Å². The average molecular weight is 393 g/mol. The van der Waals surface area contributed by atoms with Crippen LogP contribution in [0.3, 0.4) is 0 Å². The molecule has 0 spiro atoms. The molecule has 2 aromatic rings. The first-order chi connectivity index (χ1) is 14.1. The number of nitrogens with zero attached hydrogens (tertiary/aromatic N) is 2. The van der Waals surface area contributed by atoms with Crippen LogP contribution in [0.2, 0.25) is 0 Å². The Bertz CT molecular complexity index is 881. The van der Waals surface area contributed by atoms with Crippen LogP contribution in [0.1, 0.15) is 47.7 Å². The Morgan fingerprint density at radius 1 is 1.07 bits per heavy atom. The molecule has 152 valence electrons. The molecule has 1 aromatic carbocycles. The number of benzene rings is 1. The molecule has 2 aliphatic rings. The van der Waals surface area contributed by atoms with Gasteiger partial charge in [-0.2, -0.15) is 0 Å². The number of aromatic nitrogens is 1. The first-order valence-electron chi connectivity index (χ1n) is 10.4. The standard InChI is InChI=1S/C23H27N3O3/c1-2-29-22(28)23(15-17-9-4-5-10-18(17)16-23)25-21(27)19-11-8-12-24-20(19)26-13-6-3-7-14-26/h4-5,8-12H,2-3,6-7,13-16H2,1H3,(H,25,27). The molecule has 2 heterocycles. The average Bonchev–Trinajstić information content (AvgIpc) is 3.14. The van der Waals surface area contributed by atoms with Crippen molar-refractivity contribution in [1.82, 2.24) is 10.3 Å². The van der Waals surface area contributed by atoms with Crippen molar-refractivity contribution in [2.75, 3.05) is 24.6 Å². The van der Waals surface area contributed by atoms with Crippen molar-refractivity contribution in [2.24, 2.45) is 0 Å². The van der Waals surface area contributed by atoms with Crippen LogP contribution in [-0.4, -0.2) is 42.1 Å². The van der Waals surface area contributed by atoms with Crippen LogP contribution in [0.4, 0.5) is 5.82 Å². The molecule has 6 heteroatoms. The fourth-order valence-electron chi connectivity index (χ4n) is 4.38. The zero-order valence-corrected chi connectivity index (χ0v) is 16.8. The van der Waals surface area contributed by atoms with Gasteiger partial charge >= 0.3 is 5.97 Å². The van der Waals surface area contributed by atoms with E-state index in [9.17, 15) is 9.59 Å². The second-order valence-electron chi connectivity index (χ2n) is 7.80. The van der Waals surface area contributed by atoms with Crippen LogP contribution in [0.15, 0.2) is 42.6 Å². The van der Waals surface area contributed by atoms with Crippen LogP contribution >= 0.6 is 0 Å². The van der Waals surface area contributed by atoms with Gasteiger partial charge in [0.05, 0.1) is 12.2 Å². The van der Waals surface area contributed by atoms with Crippen LogP contribution in [-0.2, 0) is 22.4 Å². The zero-order valence-electron chi connectivity index (χ0n) is 16.8. The van der Waals surface area contributed by atoms with Crippen molar-refractivity contribution in [3.05, 3.63) is 59.3 Å². The number of hydrogen-bond acceptors (Lipinski definition) is 5. The molecule has 4 rings (SSSR count). The number of nitrogens with one attached hydrogen (secondary N) is 1. The van der Waals surface area contributed by atoms with Crippen molar-refractivity contribution in [2.45, 2.75) is 44.6 Å². The summed E-state index contributed by atoms with van der Waals surface area (Å²) in [5.74, 6) is 0.0340. The monoisotopic (exact) mass is 393 g/mol. The lowest BCUT2D eigenvalue weighted by Gasteiger charge is -2.31. The Morgan fingerprint density at radius 3 is 2.41 bits per heavy atom. The summed E-state index contributed by atoms with van der Waals surface area (Å²) in [5.41, 5.74) is 1.58. The predicted molar refractivity (Wildman–Crippen MR) is 111 cm³/mol. The normalized spacial score (nSPS) is 17.5. The minimum absolute atomic E-state index is 0.277. The lowest BCUT2D eigenvalue weighted by molar-refractivity contribution is -0.150. The molecule has 1 amide bonds. The van der Waals surface area contributed by atoms with Gasteiger partial charge in [0.1, 0.15) is 11.4 Å². The molecule has 0 saturated carbocycles. The molecular weight excluding hydrogens is 366 g/mol. The second-order valence-corrected chi connectivity index (χ2v) is 7.80. The third kappa shape index (κ3) is 3.84. The third-order valence-corrected chi connectivity index (χ3v) is 5.81. The van der Waals surface area contributed by atoms with Crippen molar-refractivity contribution < 1.29 is 14.3 Å². The second kappa shape index (κ2) is 8.23. The molecule has 0 radical (unpaired) electrons. The number of hydrogen-bond donors (Lipinski definition) is 1. The summed E-state index contributed by atoms with van der Waals surface area (Å²) in [4.78, 5) is 32.9. The SMILES string of the molecule is CCOC(=O)C1(NC(=O)c2cccnc2N2CCCCC2)Cc2ccccc2C1. The molecular formula is C23H27N3O3. The number of carbonyl (C=O) groups is 2. The van der Waals surface area contributed by atoms with Gasteiger partial charge in [0.15, 0.2) is 0 Å². The van der Waals surface area contributed by atoms with Crippen molar-refractivity contribution in [3.8, 4) is 0 Å². The highest BCUT2D eigenvalue weighted by Gasteiger charge is 2.46. The zero-order chi connectivity index (χ0) is 20.3. The van der Waals surface area contributed by atoms with Crippen LogP contribution in [0, 0.1) is 0 Å². The summed E-state index contributed by atoms with van der Waals surface area (Å²) in [6.07, 6.45) is 5.99. The minimum atomic E-state index is -1.08. The summed E-state index contributed by atoms with van der Waals surface area (Å²) in [7, 11) is 0. The van der Waals surface area contributed by atoms with Gasteiger partial charge in [-0.05, 0) is 49.4 Å². The number of esters is 1. The van der Waals surface area contributed by atoms with Crippen molar-refractivity contribution >= 4 is 17.7 Å². The van der Waals surface area contributed by atoms with E-state index >= 15 is 0 Å². The van der Waals surface area contributed by atoms with E-state index in [1.807, 2.05) is 24.3 Å². The summed E-state index contributed by atoms with van der Waals surface area (Å²) < 4.78 is 5.36. The summed E-state index contributed by atoms with van der Waals surface area (Å²) >= 11 is 0. The largest absolute Gasteiger partial charge is 0.464 e. The van der Waals surface area contributed by atoms with Crippen molar-refractivity contribution in [1.29, 1.82) is 0 Å². The molecule has 6 nitrogen and oxygen atoms in total. The quantitative estimate of drug-likeness (QED) is 0.791. The highest BCUT2D eigenvalue weighted by molar-refractivity contribution is 6.02. The van der Waals surface area contributed by atoms with Crippen LogP contribution in [0.25, 0.3) is 0 Å². The highest BCUT2D eigenvalue weighted by atomic mass is 16.5. The molecule has 1 aliphatic carbocycles. The molecule has 1 fully saturated rings. The topological polar surface area (TPSA) is 71.5 Å². The van der Waals surface area contributed by atoms with E-state index in [1.54, 1.807) is 25.3 Å². The minimum Gasteiger partial charge on any atom is -0.464 e. The molecule has 1 aromatic heterocycles. The molecule has 0 atom stereocenters. The fraction of sp³-hybridized carbons (Fsp3) is 0.435. The lowest BCUT2D eigenvalue weighted by atomic mass is 9.95. The Balaban J connectivity index is 1.62. The number of anilines is 1. The highest BCUT2D eigenvalue weighted by Crippen LogP contribution is 2.32. The Labute approximate surface area is 171 Å². The molecule has 0 unspecified atom stereocenters. The first kappa shape index (κ1) is 19.4. The number of rotatable bonds is 5. The van der Waals surface area contributed by atoms with Crippen LogP contribution < -0.4 is 10.2 Å². The van der Waals surface area contributed by atoms with Gasteiger partial charge in [0.2, 0.25) is 0 Å². The maximum atomic E-state index is 13.3. The van der Waals surface area contributed by atoms with E-state index in [4.69, 9.17) is 4.74 Å². The fourth-order valence-corrected chi connectivity index (χ4v) is 4.38. The number of fused-ring (bicyclic) bond motifs is 1. The van der Waals surface area contributed by atoms with Crippen LogP contribution in [0.5, 0.6) is 0 Å². The summed E-state index contributed by atoms with van der Waals surface area (Å²) in [6.45, 7) is 3.85. The number of piperidine rings is 1. The molecule has 1 N–H and O–H groups in total. The van der Waals surface area contributed by atoms with Gasteiger partial charge < -0.3 is 15.0 Å². The maximum absolute atomic E-state index is 13.3. The molecule has 29 heavy (non-hydrogen) atoms. The van der Waals surface area contributed by atoms with Gasteiger partial charge in [0, 0.05) is 32.1 Å². The van der Waals surface area contributed by atoms with Gasteiger partial charge in [0.25, 0.3) is 5.91 Å². The summed E-state index contributed by atoms with van der Waals surface area (Å²) in [6, 6.07) is 11.5. The Hall–Kier alpha value is -2.89. The third-order valence-electron chi connectivity index (χ3n) is 5.81. The number of carbonyl (C=O) groups excluding carboxylic acids is 2. The molecule has 0 bridgehead atoms. The van der Waals surface area contributed by atoms with E-state index < -0.39 is 5.54 Å². The first-order valence-corrected chi connectivity index (χ1v) is 10.4. The molecule has 1 aliphatic heterocycles. The maximum Gasteiger partial charge on any atom is 0.332 e. The predicted octanol–water partition coefficient (Wildman–Crippen LogP) is 2.90. The van der Waals surface area contributed by atoms with E-state index in [2.05, 4.69) is 15.2 Å². The van der Waals surface area contributed by atoms with Gasteiger partial charge in [-0.25, -0.2) is 9.78 Å². The smallest absolute Gasteiger partial charge is 0.332 e. The van der Waals surface area contributed by atoms with E-state index in [0.29, 0.717) is 24.2 Å². The van der Waals surface area contributed by atoms with E-state index in [1.165, 1.54) is 6.42 Å². The number of pyridine rings is 1. The van der Waals surface area contributed by atoms with Gasteiger partial charge in [-0.15, -0.1) is 0 Å². The molecule has 1 saturated heterocycles. The van der Waals surface area contributed by atoms with E-state index in [0.717, 1.165) is 37.1 Å².